The first-order chi connectivity index (χ1) is 11.8. The Labute approximate surface area is 146 Å². The summed E-state index contributed by atoms with van der Waals surface area (Å²) in [4.78, 5) is 49.9. The zero-order valence-corrected chi connectivity index (χ0v) is 14.8. The number of rotatable bonds is 10. The Balaban J connectivity index is 2.29. The van der Waals surface area contributed by atoms with Crippen molar-refractivity contribution in [2.24, 2.45) is 0 Å². The highest BCUT2D eigenvalue weighted by Crippen LogP contribution is 2.26. The maximum Gasteiger partial charge on any atom is 0.305 e. The molecule has 0 aromatic rings. The molecule has 0 amide bonds. The Hall–Kier alpha value is -2.51. The molecule has 0 heterocycles. The number of unbranched alkanes of at least 4 members (excludes halogenated alkanes) is 1. The van der Waals surface area contributed by atoms with Gasteiger partial charge in [0.25, 0.3) is 5.09 Å². The summed E-state index contributed by atoms with van der Waals surface area (Å²) >= 11 is 0. The number of hydrogen-bond acceptors (Lipinski definition) is 7. The number of ether oxygens (including phenoxy) is 1. The highest BCUT2D eigenvalue weighted by Gasteiger charge is 2.27. The first kappa shape index (κ1) is 20.5. The molecule has 0 saturated heterocycles. The van der Waals surface area contributed by atoms with Gasteiger partial charge in [0, 0.05) is 28.7 Å². The lowest BCUT2D eigenvalue weighted by Gasteiger charge is -2.18. The third-order valence-corrected chi connectivity index (χ3v) is 4.12. The second kappa shape index (κ2) is 9.71. The van der Waals surface area contributed by atoms with Gasteiger partial charge in [-0.1, -0.05) is 0 Å². The highest BCUT2D eigenvalue weighted by molar-refractivity contribution is 6.24. The molecule has 0 fully saturated rings. The molecule has 0 aromatic carbocycles. The van der Waals surface area contributed by atoms with Gasteiger partial charge in [0.05, 0.1) is 13.2 Å². The van der Waals surface area contributed by atoms with Crippen molar-refractivity contribution in [2.75, 3.05) is 13.2 Å². The van der Waals surface area contributed by atoms with Gasteiger partial charge in [-0.05, 0) is 46.5 Å². The summed E-state index contributed by atoms with van der Waals surface area (Å²) in [5, 5.41) is 9.08. The molecule has 25 heavy (non-hydrogen) atoms. The molecular formula is C17H23NO7. The molecule has 0 radical (unpaired) electrons. The lowest BCUT2D eigenvalue weighted by Crippen LogP contribution is -2.21. The molecule has 0 spiro atoms. The maximum absolute atomic E-state index is 12.2. The molecule has 1 rings (SSSR count). The molecule has 0 atom stereocenters. The third-order valence-electron chi connectivity index (χ3n) is 4.12. The third kappa shape index (κ3) is 6.13. The quantitative estimate of drug-likeness (QED) is 0.195. The van der Waals surface area contributed by atoms with Gasteiger partial charge in [0.2, 0.25) is 0 Å². The lowest BCUT2D eigenvalue weighted by molar-refractivity contribution is -0.757. The van der Waals surface area contributed by atoms with Crippen molar-refractivity contribution in [3.8, 4) is 0 Å². The second-order valence-corrected chi connectivity index (χ2v) is 5.85. The summed E-state index contributed by atoms with van der Waals surface area (Å²) in [7, 11) is 0. The summed E-state index contributed by atoms with van der Waals surface area (Å²) in [6.07, 6.45) is 1.82. The van der Waals surface area contributed by atoms with E-state index in [1.54, 1.807) is 20.8 Å². The number of ketones is 2. The van der Waals surface area contributed by atoms with Crippen LogP contribution in [0.15, 0.2) is 22.3 Å². The molecule has 138 valence electrons. The summed E-state index contributed by atoms with van der Waals surface area (Å²) in [6, 6.07) is 0. The highest BCUT2D eigenvalue weighted by atomic mass is 16.9. The van der Waals surface area contributed by atoms with Crippen LogP contribution in [0.4, 0.5) is 0 Å². The van der Waals surface area contributed by atoms with Crippen LogP contribution in [0.1, 0.15) is 52.9 Å². The van der Waals surface area contributed by atoms with Gasteiger partial charge >= 0.3 is 5.97 Å². The zero-order valence-electron chi connectivity index (χ0n) is 14.8. The SMILES string of the molecule is CC1=C(C)C(=O)C(CCCOC(=O)CCCCO[N+](=O)[O-])=C(C)C1=O. The Kier molecular flexibility index (Phi) is 7.97. The smallest absolute Gasteiger partial charge is 0.305 e. The normalized spacial score (nSPS) is 14.8. The van der Waals surface area contributed by atoms with Crippen LogP contribution in [0.2, 0.25) is 0 Å². The number of Topliss-reactive ketones (excluding diaryl/α,β-unsaturated/α-hetero) is 2. The van der Waals surface area contributed by atoms with Crippen LogP contribution in [-0.4, -0.2) is 35.8 Å². The first-order valence-electron chi connectivity index (χ1n) is 8.15. The number of carbonyl (C=O) groups excluding carboxylic acids is 3. The van der Waals surface area contributed by atoms with Gasteiger partial charge in [-0.2, -0.15) is 0 Å². The van der Waals surface area contributed by atoms with Gasteiger partial charge in [0.15, 0.2) is 11.6 Å². The molecule has 0 bridgehead atoms. The van der Waals surface area contributed by atoms with Crippen LogP contribution in [-0.2, 0) is 24.0 Å². The average Bonchev–Trinajstić information content (AvgIpc) is 2.57. The van der Waals surface area contributed by atoms with E-state index < -0.39 is 11.1 Å². The first-order valence-corrected chi connectivity index (χ1v) is 8.15. The van der Waals surface area contributed by atoms with Crippen LogP contribution in [0.25, 0.3) is 0 Å². The molecule has 0 aliphatic heterocycles. The van der Waals surface area contributed by atoms with Gasteiger partial charge in [-0.25, -0.2) is 0 Å². The summed E-state index contributed by atoms with van der Waals surface area (Å²) in [5.41, 5.74) is 1.91. The topological polar surface area (TPSA) is 113 Å². The van der Waals surface area contributed by atoms with E-state index in [1.165, 1.54) is 0 Å². The molecule has 0 N–H and O–H groups in total. The van der Waals surface area contributed by atoms with Crippen LogP contribution < -0.4 is 0 Å². The fraction of sp³-hybridized carbons (Fsp3) is 0.588. The van der Waals surface area contributed by atoms with Crippen LogP contribution in [0.5, 0.6) is 0 Å². The van der Waals surface area contributed by atoms with Crippen molar-refractivity contribution >= 4 is 17.5 Å². The van der Waals surface area contributed by atoms with Gasteiger partial charge < -0.3 is 9.57 Å². The number of allylic oxidation sites excluding steroid dienone is 4. The second-order valence-electron chi connectivity index (χ2n) is 5.85. The monoisotopic (exact) mass is 353 g/mol. The molecule has 0 aromatic heterocycles. The van der Waals surface area contributed by atoms with Crippen LogP contribution in [0.3, 0.4) is 0 Å². The van der Waals surface area contributed by atoms with E-state index in [1.807, 2.05) is 0 Å². The summed E-state index contributed by atoms with van der Waals surface area (Å²) in [5.74, 6) is -0.627. The van der Waals surface area contributed by atoms with E-state index in [0.29, 0.717) is 48.0 Å². The van der Waals surface area contributed by atoms with E-state index in [4.69, 9.17) is 4.74 Å². The molecule has 0 saturated carbocycles. The minimum absolute atomic E-state index is 0.0455. The Bertz CT molecular complexity index is 631. The van der Waals surface area contributed by atoms with Gasteiger partial charge in [-0.15, -0.1) is 10.1 Å². The average molecular weight is 353 g/mol. The molecule has 0 unspecified atom stereocenters. The molecule has 1 aliphatic carbocycles. The lowest BCUT2D eigenvalue weighted by atomic mass is 9.84. The van der Waals surface area contributed by atoms with Crippen molar-refractivity contribution in [1.82, 2.24) is 0 Å². The fourth-order valence-corrected chi connectivity index (χ4v) is 2.47. The number of hydrogen-bond donors (Lipinski definition) is 0. The Morgan fingerprint density at radius 3 is 2.24 bits per heavy atom. The predicted molar refractivity (Wildman–Crippen MR) is 88.1 cm³/mol. The van der Waals surface area contributed by atoms with E-state index in [9.17, 15) is 24.5 Å². The Morgan fingerprint density at radius 1 is 0.960 bits per heavy atom. The van der Waals surface area contributed by atoms with Crippen LogP contribution in [0, 0.1) is 10.1 Å². The van der Waals surface area contributed by atoms with Crippen molar-refractivity contribution in [3.63, 3.8) is 0 Å². The fourth-order valence-electron chi connectivity index (χ4n) is 2.47. The van der Waals surface area contributed by atoms with Crippen molar-refractivity contribution in [3.05, 3.63) is 32.4 Å². The predicted octanol–water partition coefficient (Wildman–Crippen LogP) is 2.49. The van der Waals surface area contributed by atoms with Crippen LogP contribution >= 0.6 is 0 Å². The molecule has 8 nitrogen and oxygen atoms in total. The maximum atomic E-state index is 12.2. The minimum Gasteiger partial charge on any atom is -0.466 e. The number of carbonyl (C=O) groups is 3. The number of nitrogens with zero attached hydrogens (tertiary/aromatic N) is 1. The van der Waals surface area contributed by atoms with Crippen molar-refractivity contribution in [1.29, 1.82) is 0 Å². The van der Waals surface area contributed by atoms with Gasteiger partial charge in [0.1, 0.15) is 0 Å². The van der Waals surface area contributed by atoms with Crippen molar-refractivity contribution in [2.45, 2.75) is 52.9 Å². The minimum atomic E-state index is -0.870. The molecule has 1 aliphatic rings. The largest absolute Gasteiger partial charge is 0.466 e. The summed E-state index contributed by atoms with van der Waals surface area (Å²) in [6.45, 7) is 5.05. The standard InChI is InChI=1S/C17H23NO7/c1-11-12(2)17(21)14(13(3)16(11)20)7-6-9-24-15(19)8-4-5-10-25-18(22)23/h4-10H2,1-3H3. The van der Waals surface area contributed by atoms with E-state index in [2.05, 4.69) is 4.84 Å². The molecular weight excluding hydrogens is 330 g/mol. The van der Waals surface area contributed by atoms with E-state index in [-0.39, 0.29) is 31.2 Å². The summed E-state index contributed by atoms with van der Waals surface area (Å²) < 4.78 is 5.06. The zero-order chi connectivity index (χ0) is 19.0. The molecule has 8 heteroatoms. The van der Waals surface area contributed by atoms with E-state index >= 15 is 0 Å². The van der Waals surface area contributed by atoms with E-state index in [0.717, 1.165) is 0 Å². The van der Waals surface area contributed by atoms with Gasteiger partial charge in [-0.3, -0.25) is 14.4 Å². The Morgan fingerprint density at radius 2 is 1.60 bits per heavy atom. The number of esters is 1. The van der Waals surface area contributed by atoms with Crippen molar-refractivity contribution < 1.29 is 29.0 Å².